The van der Waals surface area contributed by atoms with Crippen molar-refractivity contribution in [1.82, 2.24) is 0 Å². The summed E-state index contributed by atoms with van der Waals surface area (Å²) in [7, 11) is 0. The van der Waals surface area contributed by atoms with Crippen molar-refractivity contribution >= 4 is 20.6 Å². The lowest BCUT2D eigenvalue weighted by Crippen LogP contribution is -1.89. The molecular formula is C10H11BrO. The molecular weight excluding hydrogens is 216 g/mol. The zero-order chi connectivity index (χ0) is 8.97. The molecule has 64 valence electrons. The minimum Gasteiger partial charge on any atom is -0.281 e. The Balaban J connectivity index is 2.78. The van der Waals surface area contributed by atoms with Crippen molar-refractivity contribution in [3.8, 4) is 0 Å². The minimum atomic E-state index is -0.0504. The van der Waals surface area contributed by atoms with Crippen molar-refractivity contribution in [1.29, 1.82) is 0 Å². The third-order valence-corrected chi connectivity index (χ3v) is 2.18. The number of hydrogen-bond acceptors (Lipinski definition) is 1. The van der Waals surface area contributed by atoms with Gasteiger partial charge in [0.05, 0.1) is 0 Å². The standard InChI is InChI=1S/C10H11BrO/c1-2-3-8-4-6-9(7-5-8)10(11)12/h4-7H,2-3H2,1H3. The Morgan fingerprint density at radius 2 is 1.92 bits per heavy atom. The van der Waals surface area contributed by atoms with Gasteiger partial charge in [-0.1, -0.05) is 37.6 Å². The lowest BCUT2D eigenvalue weighted by molar-refractivity contribution is 0.109. The number of aryl methyl sites for hydroxylation is 1. The van der Waals surface area contributed by atoms with E-state index in [0.29, 0.717) is 0 Å². The van der Waals surface area contributed by atoms with E-state index < -0.39 is 0 Å². The van der Waals surface area contributed by atoms with Crippen LogP contribution < -0.4 is 0 Å². The van der Waals surface area contributed by atoms with Crippen molar-refractivity contribution in [3.05, 3.63) is 35.4 Å². The number of rotatable bonds is 3. The molecule has 1 aromatic carbocycles. The first-order valence-corrected chi connectivity index (χ1v) is 4.82. The van der Waals surface area contributed by atoms with Gasteiger partial charge >= 0.3 is 0 Å². The SMILES string of the molecule is CCCc1ccc(C(=O)Br)cc1. The molecule has 0 unspecified atom stereocenters. The van der Waals surface area contributed by atoms with Crippen LogP contribution in [-0.4, -0.2) is 4.69 Å². The molecule has 1 rings (SSSR count). The zero-order valence-electron chi connectivity index (χ0n) is 7.01. The average Bonchev–Trinajstić information content (AvgIpc) is 2.06. The Bertz CT molecular complexity index is 264. The number of hydrogen-bond donors (Lipinski definition) is 0. The molecule has 2 heteroatoms. The van der Waals surface area contributed by atoms with Crippen LogP contribution in [0.4, 0.5) is 0 Å². The van der Waals surface area contributed by atoms with Gasteiger partial charge in [0.2, 0.25) is 4.69 Å². The Morgan fingerprint density at radius 3 is 2.33 bits per heavy atom. The highest BCUT2D eigenvalue weighted by molar-refractivity contribution is 9.18. The predicted octanol–water partition coefficient (Wildman–Crippen LogP) is 3.17. The molecule has 0 bridgehead atoms. The molecule has 0 atom stereocenters. The first-order chi connectivity index (χ1) is 5.74. The third-order valence-electron chi connectivity index (χ3n) is 1.72. The van der Waals surface area contributed by atoms with Crippen molar-refractivity contribution in [2.75, 3.05) is 0 Å². The van der Waals surface area contributed by atoms with Gasteiger partial charge in [0.15, 0.2) is 0 Å². The molecule has 1 aromatic rings. The van der Waals surface area contributed by atoms with Crippen LogP contribution in [0, 0.1) is 0 Å². The van der Waals surface area contributed by atoms with Crippen LogP contribution in [0.3, 0.4) is 0 Å². The maximum Gasteiger partial charge on any atom is 0.228 e. The van der Waals surface area contributed by atoms with Gasteiger partial charge in [-0.25, -0.2) is 0 Å². The Kier molecular flexibility index (Phi) is 3.48. The van der Waals surface area contributed by atoms with Crippen LogP contribution >= 0.6 is 15.9 Å². The Morgan fingerprint density at radius 1 is 1.33 bits per heavy atom. The van der Waals surface area contributed by atoms with Crippen LogP contribution in [0.1, 0.15) is 29.3 Å². The fraction of sp³-hybridized carbons (Fsp3) is 0.300. The van der Waals surface area contributed by atoms with Gasteiger partial charge in [-0.05, 0) is 27.9 Å². The number of carbonyl (C=O) groups is 1. The molecule has 0 amide bonds. The molecule has 1 nitrogen and oxygen atoms in total. The normalized spacial score (nSPS) is 9.83. The second-order valence-electron chi connectivity index (χ2n) is 2.72. The van der Waals surface area contributed by atoms with Crippen LogP contribution in [0.5, 0.6) is 0 Å². The predicted molar refractivity (Wildman–Crippen MR) is 53.7 cm³/mol. The van der Waals surface area contributed by atoms with E-state index in [-0.39, 0.29) is 4.69 Å². The van der Waals surface area contributed by atoms with Gasteiger partial charge in [0, 0.05) is 5.56 Å². The maximum atomic E-state index is 10.8. The van der Waals surface area contributed by atoms with E-state index in [9.17, 15) is 4.79 Å². The zero-order valence-corrected chi connectivity index (χ0v) is 8.60. The van der Waals surface area contributed by atoms with Crippen molar-refractivity contribution in [3.63, 3.8) is 0 Å². The summed E-state index contributed by atoms with van der Waals surface area (Å²) in [5, 5.41) is 0. The fourth-order valence-corrected chi connectivity index (χ4v) is 1.36. The van der Waals surface area contributed by atoms with Crippen LogP contribution in [0.25, 0.3) is 0 Å². The highest BCUT2D eigenvalue weighted by Crippen LogP contribution is 2.09. The highest BCUT2D eigenvalue weighted by Gasteiger charge is 1.99. The first-order valence-electron chi connectivity index (χ1n) is 4.03. The van der Waals surface area contributed by atoms with Gasteiger partial charge in [0.25, 0.3) is 0 Å². The summed E-state index contributed by atoms with van der Waals surface area (Å²) in [5.74, 6) is 0. The van der Waals surface area contributed by atoms with Crippen molar-refractivity contribution < 1.29 is 4.79 Å². The molecule has 0 radical (unpaired) electrons. The van der Waals surface area contributed by atoms with Crippen molar-refractivity contribution in [2.45, 2.75) is 19.8 Å². The summed E-state index contributed by atoms with van der Waals surface area (Å²) in [4.78, 5) is 10.8. The molecule has 0 aliphatic carbocycles. The molecule has 0 spiro atoms. The first kappa shape index (κ1) is 9.46. The number of carbonyl (C=O) groups excluding carboxylic acids is 1. The van der Waals surface area contributed by atoms with Crippen LogP contribution in [-0.2, 0) is 6.42 Å². The quantitative estimate of drug-likeness (QED) is 0.725. The van der Waals surface area contributed by atoms with Gasteiger partial charge in [-0.15, -0.1) is 0 Å². The van der Waals surface area contributed by atoms with E-state index in [0.717, 1.165) is 18.4 Å². The second-order valence-corrected chi connectivity index (χ2v) is 3.44. The van der Waals surface area contributed by atoms with E-state index >= 15 is 0 Å². The molecule has 0 aliphatic rings. The molecule has 12 heavy (non-hydrogen) atoms. The van der Waals surface area contributed by atoms with Gasteiger partial charge in [0.1, 0.15) is 0 Å². The fourth-order valence-electron chi connectivity index (χ4n) is 1.09. The summed E-state index contributed by atoms with van der Waals surface area (Å²) >= 11 is 2.91. The van der Waals surface area contributed by atoms with E-state index in [2.05, 4.69) is 22.9 Å². The summed E-state index contributed by atoms with van der Waals surface area (Å²) in [6.45, 7) is 2.14. The molecule has 0 fully saturated rings. The number of benzene rings is 1. The molecule has 0 saturated heterocycles. The topological polar surface area (TPSA) is 17.1 Å². The van der Waals surface area contributed by atoms with E-state index in [4.69, 9.17) is 0 Å². The van der Waals surface area contributed by atoms with E-state index in [1.807, 2.05) is 24.3 Å². The minimum absolute atomic E-state index is 0.0504. The summed E-state index contributed by atoms with van der Waals surface area (Å²) in [6.07, 6.45) is 2.22. The average molecular weight is 227 g/mol. The molecule has 0 N–H and O–H groups in total. The van der Waals surface area contributed by atoms with Gasteiger partial charge < -0.3 is 0 Å². The van der Waals surface area contributed by atoms with E-state index in [1.54, 1.807) is 0 Å². The molecule has 0 heterocycles. The number of halogens is 1. The van der Waals surface area contributed by atoms with Crippen LogP contribution in [0.15, 0.2) is 24.3 Å². The van der Waals surface area contributed by atoms with Gasteiger partial charge in [-0.3, -0.25) is 4.79 Å². The Hall–Kier alpha value is -0.630. The summed E-state index contributed by atoms with van der Waals surface area (Å²) in [5.41, 5.74) is 2.00. The smallest absolute Gasteiger partial charge is 0.228 e. The van der Waals surface area contributed by atoms with Crippen LogP contribution in [0.2, 0.25) is 0 Å². The third kappa shape index (κ3) is 2.45. The highest BCUT2D eigenvalue weighted by atomic mass is 79.9. The largest absolute Gasteiger partial charge is 0.281 e. The summed E-state index contributed by atoms with van der Waals surface area (Å²) in [6, 6.07) is 7.69. The molecule has 0 aromatic heterocycles. The maximum absolute atomic E-state index is 10.8. The lowest BCUT2D eigenvalue weighted by atomic mass is 10.1. The molecule has 0 saturated carbocycles. The monoisotopic (exact) mass is 226 g/mol. The second kappa shape index (κ2) is 4.41. The van der Waals surface area contributed by atoms with Crippen molar-refractivity contribution in [2.24, 2.45) is 0 Å². The Labute approximate surface area is 80.9 Å². The molecule has 0 aliphatic heterocycles. The lowest BCUT2D eigenvalue weighted by Gasteiger charge is -1.98. The van der Waals surface area contributed by atoms with E-state index in [1.165, 1.54) is 5.56 Å². The van der Waals surface area contributed by atoms with Gasteiger partial charge in [-0.2, -0.15) is 0 Å². The summed E-state index contributed by atoms with van der Waals surface area (Å²) < 4.78 is -0.0504.